The maximum absolute atomic E-state index is 13.0. The Kier molecular flexibility index (Phi) is 4.94. The Morgan fingerprint density at radius 1 is 1.04 bits per heavy atom. The van der Waals surface area contributed by atoms with Crippen LogP contribution in [0.5, 0.6) is 5.75 Å². The molecule has 0 saturated carbocycles. The van der Waals surface area contributed by atoms with Gasteiger partial charge in [0.15, 0.2) is 0 Å². The fraction of sp³-hybridized carbons (Fsp3) is 0.647. The standard InChI is InChI=1S/C17H26N2O3S/c1-14-9-12-18(13-10-14)23(20,21)19-11-3-4-17(19)15-5-7-16(22-2)8-6-15/h5-8,14,17H,3-4,9-13H2,1-2H3/t17-/m1/s1. The van der Waals surface area contributed by atoms with Crippen LogP contribution in [0.15, 0.2) is 24.3 Å². The number of hydrogen-bond donors (Lipinski definition) is 0. The van der Waals surface area contributed by atoms with E-state index in [1.165, 1.54) is 0 Å². The van der Waals surface area contributed by atoms with Gasteiger partial charge in [-0.1, -0.05) is 19.1 Å². The molecule has 128 valence electrons. The Labute approximate surface area is 139 Å². The van der Waals surface area contributed by atoms with E-state index in [4.69, 9.17) is 4.74 Å². The summed E-state index contributed by atoms with van der Waals surface area (Å²) < 4.78 is 34.6. The quantitative estimate of drug-likeness (QED) is 0.848. The summed E-state index contributed by atoms with van der Waals surface area (Å²) in [6, 6.07) is 7.72. The minimum atomic E-state index is -3.36. The molecule has 2 saturated heterocycles. The van der Waals surface area contributed by atoms with Gasteiger partial charge < -0.3 is 4.74 Å². The zero-order valence-electron chi connectivity index (χ0n) is 13.9. The summed E-state index contributed by atoms with van der Waals surface area (Å²) in [6.45, 7) is 4.11. The third kappa shape index (κ3) is 3.39. The van der Waals surface area contributed by atoms with E-state index in [0.29, 0.717) is 25.6 Å². The van der Waals surface area contributed by atoms with Crippen LogP contribution in [0.3, 0.4) is 0 Å². The summed E-state index contributed by atoms with van der Waals surface area (Å²) in [7, 11) is -1.73. The Bertz CT molecular complexity index is 622. The first kappa shape index (κ1) is 16.7. The summed E-state index contributed by atoms with van der Waals surface area (Å²) in [5, 5.41) is 0. The molecule has 1 aromatic rings. The van der Waals surface area contributed by atoms with Crippen molar-refractivity contribution in [1.29, 1.82) is 0 Å². The SMILES string of the molecule is COc1ccc([C@H]2CCCN2S(=O)(=O)N2CCC(C)CC2)cc1. The molecule has 5 nitrogen and oxygen atoms in total. The second kappa shape index (κ2) is 6.79. The maximum atomic E-state index is 13.0. The predicted octanol–water partition coefficient (Wildman–Crippen LogP) is 2.81. The predicted molar refractivity (Wildman–Crippen MR) is 90.6 cm³/mol. The molecule has 2 aliphatic rings. The largest absolute Gasteiger partial charge is 0.497 e. The van der Waals surface area contributed by atoms with E-state index in [0.717, 1.165) is 37.0 Å². The van der Waals surface area contributed by atoms with Gasteiger partial charge in [-0.05, 0) is 49.3 Å². The van der Waals surface area contributed by atoms with Gasteiger partial charge in [-0.3, -0.25) is 0 Å². The lowest BCUT2D eigenvalue weighted by molar-refractivity contribution is 0.260. The molecular formula is C17H26N2O3S. The topological polar surface area (TPSA) is 49.9 Å². The Hall–Kier alpha value is -1.11. The van der Waals surface area contributed by atoms with Gasteiger partial charge in [-0.25, -0.2) is 0 Å². The van der Waals surface area contributed by atoms with Crippen molar-refractivity contribution >= 4 is 10.2 Å². The number of benzene rings is 1. The van der Waals surface area contributed by atoms with Crippen molar-refractivity contribution in [3.8, 4) is 5.75 Å². The lowest BCUT2D eigenvalue weighted by Crippen LogP contribution is -2.46. The van der Waals surface area contributed by atoms with E-state index in [1.807, 2.05) is 24.3 Å². The average molecular weight is 338 g/mol. The van der Waals surface area contributed by atoms with Crippen molar-refractivity contribution < 1.29 is 13.2 Å². The van der Waals surface area contributed by atoms with Crippen LogP contribution in [0, 0.1) is 5.92 Å². The number of hydrogen-bond acceptors (Lipinski definition) is 3. The summed E-state index contributed by atoms with van der Waals surface area (Å²) in [5.74, 6) is 1.42. The highest BCUT2D eigenvalue weighted by Crippen LogP contribution is 2.36. The molecule has 0 amide bonds. The summed E-state index contributed by atoms with van der Waals surface area (Å²) in [5.41, 5.74) is 1.05. The highest BCUT2D eigenvalue weighted by Gasteiger charge is 2.39. The smallest absolute Gasteiger partial charge is 0.282 e. The monoisotopic (exact) mass is 338 g/mol. The van der Waals surface area contributed by atoms with Gasteiger partial charge in [-0.15, -0.1) is 0 Å². The Morgan fingerprint density at radius 2 is 1.70 bits per heavy atom. The molecule has 1 aromatic carbocycles. The van der Waals surface area contributed by atoms with Crippen LogP contribution in [0.4, 0.5) is 0 Å². The lowest BCUT2D eigenvalue weighted by Gasteiger charge is -2.34. The molecule has 2 heterocycles. The summed E-state index contributed by atoms with van der Waals surface area (Å²) in [4.78, 5) is 0. The van der Waals surface area contributed by atoms with E-state index in [-0.39, 0.29) is 6.04 Å². The van der Waals surface area contributed by atoms with Gasteiger partial charge in [0.2, 0.25) is 0 Å². The van der Waals surface area contributed by atoms with E-state index in [2.05, 4.69) is 6.92 Å². The van der Waals surface area contributed by atoms with Crippen molar-refractivity contribution in [2.24, 2.45) is 5.92 Å². The number of nitrogens with zero attached hydrogens (tertiary/aromatic N) is 2. The molecule has 0 radical (unpaired) electrons. The Morgan fingerprint density at radius 3 is 2.30 bits per heavy atom. The summed E-state index contributed by atoms with van der Waals surface area (Å²) >= 11 is 0. The number of methoxy groups -OCH3 is 1. The van der Waals surface area contributed by atoms with Gasteiger partial charge in [0, 0.05) is 19.6 Å². The van der Waals surface area contributed by atoms with E-state index >= 15 is 0 Å². The molecule has 3 rings (SSSR count). The second-order valence-corrected chi connectivity index (χ2v) is 8.51. The van der Waals surface area contributed by atoms with Crippen molar-refractivity contribution in [2.45, 2.75) is 38.6 Å². The highest BCUT2D eigenvalue weighted by molar-refractivity contribution is 7.86. The molecule has 2 aliphatic heterocycles. The minimum absolute atomic E-state index is 0.0507. The van der Waals surface area contributed by atoms with Crippen LogP contribution >= 0.6 is 0 Å². The molecule has 1 atom stereocenters. The normalized spacial score (nSPS) is 24.9. The fourth-order valence-corrected chi connectivity index (χ4v) is 5.42. The van der Waals surface area contributed by atoms with Crippen LogP contribution in [0.25, 0.3) is 0 Å². The van der Waals surface area contributed by atoms with Crippen molar-refractivity contribution in [3.63, 3.8) is 0 Å². The first-order chi connectivity index (χ1) is 11.0. The number of piperidine rings is 1. The zero-order chi connectivity index (χ0) is 16.4. The third-order valence-corrected chi connectivity index (χ3v) is 7.12. The molecule has 6 heteroatoms. The maximum Gasteiger partial charge on any atom is 0.282 e. The molecule has 23 heavy (non-hydrogen) atoms. The molecule has 0 unspecified atom stereocenters. The number of rotatable bonds is 4. The first-order valence-corrected chi connectivity index (χ1v) is 9.83. The first-order valence-electron chi connectivity index (χ1n) is 8.43. The van der Waals surface area contributed by atoms with Gasteiger partial charge >= 0.3 is 0 Å². The van der Waals surface area contributed by atoms with Gasteiger partial charge in [0.05, 0.1) is 13.2 Å². The average Bonchev–Trinajstić information content (AvgIpc) is 3.06. The van der Waals surface area contributed by atoms with Crippen LogP contribution in [0.1, 0.15) is 44.2 Å². The van der Waals surface area contributed by atoms with Crippen LogP contribution < -0.4 is 4.74 Å². The molecule has 0 aliphatic carbocycles. The van der Waals surface area contributed by atoms with Crippen LogP contribution in [-0.4, -0.2) is 43.8 Å². The molecule has 0 spiro atoms. The van der Waals surface area contributed by atoms with Crippen molar-refractivity contribution in [1.82, 2.24) is 8.61 Å². The second-order valence-electron chi connectivity index (χ2n) is 6.63. The van der Waals surface area contributed by atoms with E-state index < -0.39 is 10.2 Å². The van der Waals surface area contributed by atoms with Crippen LogP contribution in [-0.2, 0) is 10.2 Å². The third-order valence-electron chi connectivity index (χ3n) is 5.07. The van der Waals surface area contributed by atoms with Gasteiger partial charge in [0.25, 0.3) is 10.2 Å². The molecular weight excluding hydrogens is 312 g/mol. The molecule has 2 fully saturated rings. The highest BCUT2D eigenvalue weighted by atomic mass is 32.2. The summed E-state index contributed by atoms with van der Waals surface area (Å²) in [6.07, 6.45) is 3.72. The van der Waals surface area contributed by atoms with E-state index in [9.17, 15) is 8.42 Å². The van der Waals surface area contributed by atoms with Gasteiger partial charge in [0.1, 0.15) is 5.75 Å². The zero-order valence-corrected chi connectivity index (χ0v) is 14.8. The molecule has 0 bridgehead atoms. The number of ether oxygens (including phenoxy) is 1. The Balaban J connectivity index is 1.79. The van der Waals surface area contributed by atoms with Crippen LogP contribution in [0.2, 0.25) is 0 Å². The molecule has 0 aromatic heterocycles. The van der Waals surface area contributed by atoms with E-state index in [1.54, 1.807) is 15.7 Å². The van der Waals surface area contributed by atoms with Crippen molar-refractivity contribution in [2.75, 3.05) is 26.7 Å². The fourth-order valence-electron chi connectivity index (χ4n) is 3.54. The lowest BCUT2D eigenvalue weighted by atomic mass is 10.0. The minimum Gasteiger partial charge on any atom is -0.497 e. The molecule has 0 N–H and O–H groups in total. The van der Waals surface area contributed by atoms with Crippen molar-refractivity contribution in [3.05, 3.63) is 29.8 Å². The van der Waals surface area contributed by atoms with Gasteiger partial charge in [-0.2, -0.15) is 17.0 Å².